The zero-order valence-electron chi connectivity index (χ0n) is 10.1. The van der Waals surface area contributed by atoms with Crippen LogP contribution >= 0.6 is 0 Å². The van der Waals surface area contributed by atoms with E-state index >= 15 is 0 Å². The lowest BCUT2D eigenvalue weighted by Crippen LogP contribution is -2.32. The van der Waals surface area contributed by atoms with Crippen molar-refractivity contribution in [3.05, 3.63) is 0 Å². The van der Waals surface area contributed by atoms with Crippen LogP contribution < -0.4 is 5.32 Å². The van der Waals surface area contributed by atoms with E-state index in [9.17, 15) is 4.79 Å². The van der Waals surface area contributed by atoms with Gasteiger partial charge < -0.3 is 5.32 Å². The van der Waals surface area contributed by atoms with E-state index in [-0.39, 0.29) is 0 Å². The van der Waals surface area contributed by atoms with Crippen LogP contribution in [0.15, 0.2) is 0 Å². The summed E-state index contributed by atoms with van der Waals surface area (Å²) in [7, 11) is 0. The smallest absolute Gasteiger partial charge is 0.140 e. The maximum absolute atomic E-state index is 12.5. The highest BCUT2D eigenvalue weighted by molar-refractivity contribution is 5.84. The fraction of sp³-hybridized carbons (Fsp3) is 0.929. The molecule has 3 aliphatic rings. The van der Waals surface area contributed by atoms with Gasteiger partial charge in [-0.25, -0.2) is 0 Å². The summed E-state index contributed by atoms with van der Waals surface area (Å²) in [4.78, 5) is 12.5. The molecule has 0 amide bonds. The number of nitrogens with one attached hydrogen (secondary N) is 1. The molecule has 2 aliphatic heterocycles. The standard InChI is InChI=1S/C14H23NO/c16-14(10-5-3-1-2-4-6-10)12-9-11-7-8-13(12)15-11/h10-13,15H,1-9H2. The molecule has 3 unspecified atom stereocenters. The zero-order chi connectivity index (χ0) is 11.0. The number of ketones is 1. The van der Waals surface area contributed by atoms with Crippen LogP contribution in [-0.4, -0.2) is 17.9 Å². The summed E-state index contributed by atoms with van der Waals surface area (Å²) >= 11 is 0. The lowest BCUT2D eigenvalue weighted by atomic mass is 9.79. The number of Topliss-reactive ketones (excluding diaryl/α,β-unsaturated/α-hetero) is 1. The number of carbonyl (C=O) groups is 1. The van der Waals surface area contributed by atoms with E-state index < -0.39 is 0 Å². The highest BCUT2D eigenvalue weighted by Gasteiger charge is 2.44. The van der Waals surface area contributed by atoms with Gasteiger partial charge in [-0.2, -0.15) is 0 Å². The molecule has 3 fully saturated rings. The summed E-state index contributed by atoms with van der Waals surface area (Å²) in [5.74, 6) is 1.40. The van der Waals surface area contributed by atoms with Crippen LogP contribution in [0.2, 0.25) is 0 Å². The first-order valence-corrected chi connectivity index (χ1v) is 7.14. The Balaban J connectivity index is 1.63. The third-order valence-electron chi connectivity index (χ3n) is 4.92. The third-order valence-corrected chi connectivity index (χ3v) is 4.92. The molecule has 0 aromatic heterocycles. The van der Waals surface area contributed by atoms with E-state index in [2.05, 4.69) is 5.32 Å². The first-order valence-electron chi connectivity index (χ1n) is 7.14. The maximum Gasteiger partial charge on any atom is 0.140 e. The molecule has 90 valence electrons. The molecule has 2 bridgehead atoms. The topological polar surface area (TPSA) is 29.1 Å². The minimum Gasteiger partial charge on any atom is -0.310 e. The van der Waals surface area contributed by atoms with Crippen molar-refractivity contribution in [1.29, 1.82) is 0 Å². The number of hydrogen-bond donors (Lipinski definition) is 1. The Morgan fingerprint density at radius 2 is 1.69 bits per heavy atom. The first kappa shape index (κ1) is 10.8. The summed E-state index contributed by atoms with van der Waals surface area (Å²) in [6.07, 6.45) is 11.3. The van der Waals surface area contributed by atoms with Crippen molar-refractivity contribution >= 4 is 5.78 Å². The molecule has 2 heteroatoms. The van der Waals surface area contributed by atoms with E-state index in [4.69, 9.17) is 0 Å². The molecule has 1 saturated carbocycles. The van der Waals surface area contributed by atoms with Crippen LogP contribution in [0, 0.1) is 11.8 Å². The number of carbonyl (C=O) groups excluding carboxylic acids is 1. The summed E-state index contributed by atoms with van der Waals surface area (Å²) in [5.41, 5.74) is 0. The second-order valence-electron chi connectivity index (χ2n) is 5.98. The normalized spacial score (nSPS) is 39.9. The van der Waals surface area contributed by atoms with E-state index in [1.807, 2.05) is 0 Å². The van der Waals surface area contributed by atoms with Crippen molar-refractivity contribution in [3.8, 4) is 0 Å². The van der Waals surface area contributed by atoms with Gasteiger partial charge in [-0.3, -0.25) is 4.79 Å². The molecule has 1 N–H and O–H groups in total. The molecule has 2 heterocycles. The molecule has 0 aromatic rings. The fourth-order valence-corrected chi connectivity index (χ4v) is 4.01. The quantitative estimate of drug-likeness (QED) is 0.726. The van der Waals surface area contributed by atoms with Gasteiger partial charge in [0.05, 0.1) is 0 Å². The van der Waals surface area contributed by atoms with Crippen molar-refractivity contribution in [3.63, 3.8) is 0 Å². The van der Waals surface area contributed by atoms with Gasteiger partial charge in [-0.05, 0) is 32.1 Å². The molecule has 2 nitrogen and oxygen atoms in total. The first-order chi connectivity index (χ1) is 7.84. The predicted molar refractivity (Wildman–Crippen MR) is 64.3 cm³/mol. The van der Waals surface area contributed by atoms with Gasteiger partial charge in [-0.15, -0.1) is 0 Å². The van der Waals surface area contributed by atoms with Gasteiger partial charge in [0.25, 0.3) is 0 Å². The van der Waals surface area contributed by atoms with Crippen molar-refractivity contribution in [2.24, 2.45) is 11.8 Å². The molecular formula is C14H23NO. The summed E-state index contributed by atoms with van der Waals surface area (Å²) in [6, 6.07) is 1.21. The van der Waals surface area contributed by atoms with Gasteiger partial charge >= 0.3 is 0 Å². The summed E-state index contributed by atoms with van der Waals surface area (Å²) in [5, 5.41) is 3.59. The lowest BCUT2D eigenvalue weighted by molar-refractivity contribution is -0.127. The molecule has 16 heavy (non-hydrogen) atoms. The Morgan fingerprint density at radius 3 is 2.25 bits per heavy atom. The zero-order valence-corrected chi connectivity index (χ0v) is 10.1. The largest absolute Gasteiger partial charge is 0.310 e. The van der Waals surface area contributed by atoms with Crippen LogP contribution in [0.3, 0.4) is 0 Å². The van der Waals surface area contributed by atoms with Gasteiger partial charge in [0.15, 0.2) is 0 Å². The molecule has 1 aliphatic carbocycles. The number of hydrogen-bond acceptors (Lipinski definition) is 2. The lowest BCUT2D eigenvalue weighted by Gasteiger charge is -2.23. The molecule has 2 saturated heterocycles. The average molecular weight is 221 g/mol. The molecule has 3 atom stereocenters. The Morgan fingerprint density at radius 1 is 0.938 bits per heavy atom. The molecule has 0 radical (unpaired) electrons. The Kier molecular flexibility index (Phi) is 3.01. The van der Waals surface area contributed by atoms with Gasteiger partial charge in [-0.1, -0.05) is 25.7 Å². The Bertz CT molecular complexity index is 268. The van der Waals surface area contributed by atoms with E-state index in [0.29, 0.717) is 29.7 Å². The molecule has 0 spiro atoms. The summed E-state index contributed by atoms with van der Waals surface area (Å²) < 4.78 is 0. The van der Waals surface area contributed by atoms with Crippen LogP contribution in [0.4, 0.5) is 0 Å². The Labute approximate surface area is 98.2 Å². The number of rotatable bonds is 2. The highest BCUT2D eigenvalue weighted by Crippen LogP contribution is 2.37. The second kappa shape index (κ2) is 4.48. The average Bonchev–Trinajstić information content (AvgIpc) is 2.82. The number of fused-ring (bicyclic) bond motifs is 2. The van der Waals surface area contributed by atoms with Gasteiger partial charge in [0.1, 0.15) is 5.78 Å². The SMILES string of the molecule is O=C(C1CCCCCC1)C1CC2CCC1N2. The van der Waals surface area contributed by atoms with Crippen molar-refractivity contribution in [2.75, 3.05) is 0 Å². The summed E-state index contributed by atoms with van der Waals surface area (Å²) in [6.45, 7) is 0. The van der Waals surface area contributed by atoms with Crippen LogP contribution in [0.1, 0.15) is 57.8 Å². The molecule has 0 aromatic carbocycles. The van der Waals surface area contributed by atoms with Crippen LogP contribution in [0.25, 0.3) is 0 Å². The fourth-order valence-electron chi connectivity index (χ4n) is 4.01. The Hall–Kier alpha value is -0.370. The predicted octanol–water partition coefficient (Wildman–Crippen LogP) is 2.67. The van der Waals surface area contributed by atoms with E-state index in [0.717, 1.165) is 6.42 Å². The minimum absolute atomic E-state index is 0.377. The van der Waals surface area contributed by atoms with Crippen molar-refractivity contribution < 1.29 is 4.79 Å². The van der Waals surface area contributed by atoms with Crippen molar-refractivity contribution in [1.82, 2.24) is 5.32 Å². The third kappa shape index (κ3) is 1.92. The van der Waals surface area contributed by atoms with E-state index in [1.165, 1.54) is 51.4 Å². The molecule has 3 rings (SSSR count). The minimum atomic E-state index is 0.377. The van der Waals surface area contributed by atoms with Crippen LogP contribution in [0.5, 0.6) is 0 Å². The van der Waals surface area contributed by atoms with E-state index in [1.54, 1.807) is 0 Å². The maximum atomic E-state index is 12.5. The van der Waals surface area contributed by atoms with Crippen LogP contribution in [-0.2, 0) is 4.79 Å². The highest BCUT2D eigenvalue weighted by atomic mass is 16.1. The van der Waals surface area contributed by atoms with Crippen molar-refractivity contribution in [2.45, 2.75) is 69.9 Å². The monoisotopic (exact) mass is 221 g/mol. The van der Waals surface area contributed by atoms with Gasteiger partial charge in [0, 0.05) is 23.9 Å². The second-order valence-corrected chi connectivity index (χ2v) is 5.98. The molecular weight excluding hydrogens is 198 g/mol. The van der Waals surface area contributed by atoms with Gasteiger partial charge in [0.2, 0.25) is 0 Å².